The number of hydrogen-bond acceptors (Lipinski definition) is 2. The molecule has 0 spiro atoms. The second kappa shape index (κ2) is 5.99. The van der Waals surface area contributed by atoms with E-state index in [0.29, 0.717) is 18.4 Å². The molecule has 0 aromatic heterocycles. The van der Waals surface area contributed by atoms with Gasteiger partial charge in [-0.2, -0.15) is 13.2 Å². The largest absolute Gasteiger partial charge is 0.441 e. The van der Waals surface area contributed by atoms with Gasteiger partial charge in [-0.1, -0.05) is 18.7 Å². The second-order valence-corrected chi connectivity index (χ2v) is 5.36. The molecule has 0 amide bonds. The Morgan fingerprint density at radius 3 is 2.53 bits per heavy atom. The van der Waals surface area contributed by atoms with Gasteiger partial charge in [-0.3, -0.25) is 0 Å². The van der Waals surface area contributed by atoms with E-state index in [1.807, 2.05) is 6.92 Å². The van der Waals surface area contributed by atoms with Gasteiger partial charge in [-0.25, -0.2) is 0 Å². The van der Waals surface area contributed by atoms with Crippen LogP contribution in [-0.4, -0.2) is 23.8 Å². The van der Waals surface area contributed by atoms with Gasteiger partial charge in [0.1, 0.15) is 0 Å². The van der Waals surface area contributed by atoms with Crippen LogP contribution in [0.25, 0.3) is 0 Å². The Labute approximate surface area is 93.2 Å². The SMILES string of the molecule is CC(CCNC1CC1)CCSC(F)(F)F. The van der Waals surface area contributed by atoms with Crippen molar-refractivity contribution in [1.29, 1.82) is 0 Å². The number of nitrogens with one attached hydrogen (secondary N) is 1. The predicted octanol–water partition coefficient (Wildman–Crippen LogP) is 3.41. The molecule has 0 saturated heterocycles. The van der Waals surface area contributed by atoms with Crippen molar-refractivity contribution in [3.63, 3.8) is 0 Å². The monoisotopic (exact) mass is 241 g/mol. The quantitative estimate of drug-likeness (QED) is 0.733. The van der Waals surface area contributed by atoms with E-state index in [-0.39, 0.29) is 17.5 Å². The molecule has 15 heavy (non-hydrogen) atoms. The summed E-state index contributed by atoms with van der Waals surface area (Å²) in [5.74, 6) is 0.569. The lowest BCUT2D eigenvalue weighted by atomic mass is 10.1. The van der Waals surface area contributed by atoms with Crippen molar-refractivity contribution in [2.45, 2.75) is 44.2 Å². The van der Waals surface area contributed by atoms with Crippen molar-refractivity contribution < 1.29 is 13.2 Å². The Hall–Kier alpha value is 0.100. The molecule has 1 saturated carbocycles. The van der Waals surface area contributed by atoms with Gasteiger partial charge in [0.25, 0.3) is 0 Å². The lowest BCUT2D eigenvalue weighted by molar-refractivity contribution is -0.0328. The smallest absolute Gasteiger partial charge is 0.314 e. The van der Waals surface area contributed by atoms with E-state index in [1.54, 1.807) is 0 Å². The Kier molecular flexibility index (Phi) is 5.26. The summed E-state index contributed by atoms with van der Waals surface area (Å²) in [6.07, 6.45) is 4.15. The van der Waals surface area contributed by atoms with Crippen LogP contribution in [0.4, 0.5) is 13.2 Å². The molecule has 1 unspecified atom stereocenters. The predicted molar refractivity (Wildman–Crippen MR) is 57.9 cm³/mol. The zero-order valence-corrected chi connectivity index (χ0v) is 9.76. The Bertz CT molecular complexity index is 180. The van der Waals surface area contributed by atoms with Crippen molar-refractivity contribution in [1.82, 2.24) is 5.32 Å². The van der Waals surface area contributed by atoms with Crippen molar-refractivity contribution in [3.8, 4) is 0 Å². The van der Waals surface area contributed by atoms with Gasteiger partial charge < -0.3 is 5.32 Å². The molecule has 0 bridgehead atoms. The van der Waals surface area contributed by atoms with Crippen molar-refractivity contribution >= 4 is 11.8 Å². The molecule has 1 fully saturated rings. The lowest BCUT2D eigenvalue weighted by Crippen LogP contribution is -2.19. The van der Waals surface area contributed by atoms with Crippen molar-refractivity contribution in [2.75, 3.05) is 12.3 Å². The van der Waals surface area contributed by atoms with Crippen LogP contribution in [0.5, 0.6) is 0 Å². The molecule has 1 aliphatic rings. The molecule has 0 heterocycles. The van der Waals surface area contributed by atoms with Gasteiger partial charge in [0.15, 0.2) is 0 Å². The third-order valence-corrected chi connectivity index (χ3v) is 3.29. The van der Waals surface area contributed by atoms with Crippen LogP contribution in [0.1, 0.15) is 32.6 Å². The molecule has 0 aromatic carbocycles. The fraction of sp³-hybridized carbons (Fsp3) is 1.00. The minimum atomic E-state index is -4.06. The first kappa shape index (κ1) is 13.2. The summed E-state index contributed by atoms with van der Waals surface area (Å²) in [6, 6.07) is 0.696. The molecule has 1 aliphatic carbocycles. The van der Waals surface area contributed by atoms with Crippen LogP contribution in [0.15, 0.2) is 0 Å². The Balaban J connectivity index is 1.90. The summed E-state index contributed by atoms with van der Waals surface area (Å²) >= 11 is 0.0936. The first-order valence-electron chi connectivity index (χ1n) is 5.41. The summed E-state index contributed by atoms with van der Waals surface area (Å²) in [5.41, 5.74) is -4.06. The van der Waals surface area contributed by atoms with Gasteiger partial charge >= 0.3 is 5.51 Å². The van der Waals surface area contributed by atoms with Crippen LogP contribution in [0, 0.1) is 5.92 Å². The summed E-state index contributed by atoms with van der Waals surface area (Å²) in [7, 11) is 0. The normalized spacial score (nSPS) is 19.2. The summed E-state index contributed by atoms with van der Waals surface area (Å²) in [5, 5.41) is 3.37. The van der Waals surface area contributed by atoms with E-state index in [4.69, 9.17) is 0 Å². The highest BCUT2D eigenvalue weighted by Gasteiger charge is 2.27. The van der Waals surface area contributed by atoms with Gasteiger partial charge in [-0.15, -0.1) is 0 Å². The number of thioether (sulfide) groups is 1. The van der Waals surface area contributed by atoms with Gasteiger partial charge in [0.2, 0.25) is 0 Å². The lowest BCUT2D eigenvalue weighted by Gasteiger charge is -2.12. The van der Waals surface area contributed by atoms with E-state index >= 15 is 0 Å². The molecule has 1 rings (SSSR count). The Morgan fingerprint density at radius 2 is 2.00 bits per heavy atom. The minimum Gasteiger partial charge on any atom is -0.314 e. The molecule has 5 heteroatoms. The fourth-order valence-corrected chi connectivity index (χ4v) is 2.09. The van der Waals surface area contributed by atoms with Crippen molar-refractivity contribution in [3.05, 3.63) is 0 Å². The molecule has 1 N–H and O–H groups in total. The van der Waals surface area contributed by atoms with Gasteiger partial charge in [0, 0.05) is 11.8 Å². The van der Waals surface area contributed by atoms with E-state index in [2.05, 4.69) is 5.32 Å². The van der Waals surface area contributed by atoms with Crippen LogP contribution in [0.2, 0.25) is 0 Å². The van der Waals surface area contributed by atoms with E-state index in [1.165, 1.54) is 12.8 Å². The number of rotatable bonds is 7. The highest BCUT2D eigenvalue weighted by molar-refractivity contribution is 8.00. The van der Waals surface area contributed by atoms with Crippen LogP contribution >= 0.6 is 11.8 Å². The number of alkyl halides is 3. The molecule has 0 aliphatic heterocycles. The molecule has 1 atom stereocenters. The molecule has 1 nitrogen and oxygen atoms in total. The zero-order valence-electron chi connectivity index (χ0n) is 8.94. The molecule has 90 valence electrons. The summed E-state index contributed by atoms with van der Waals surface area (Å²) in [4.78, 5) is 0. The topological polar surface area (TPSA) is 12.0 Å². The van der Waals surface area contributed by atoms with Crippen molar-refractivity contribution in [2.24, 2.45) is 5.92 Å². The first-order valence-corrected chi connectivity index (χ1v) is 6.40. The van der Waals surface area contributed by atoms with E-state index in [0.717, 1.165) is 13.0 Å². The van der Waals surface area contributed by atoms with Gasteiger partial charge in [0.05, 0.1) is 0 Å². The van der Waals surface area contributed by atoms with E-state index < -0.39 is 5.51 Å². The fourth-order valence-electron chi connectivity index (χ4n) is 1.34. The third kappa shape index (κ3) is 7.96. The van der Waals surface area contributed by atoms with Crippen LogP contribution in [0.3, 0.4) is 0 Å². The number of halogens is 3. The molecule has 0 radical (unpaired) electrons. The highest BCUT2D eigenvalue weighted by atomic mass is 32.2. The molecular formula is C10H18F3NS. The maximum atomic E-state index is 11.8. The van der Waals surface area contributed by atoms with Gasteiger partial charge in [-0.05, 0) is 38.1 Å². The van der Waals surface area contributed by atoms with Crippen LogP contribution < -0.4 is 5.32 Å². The standard InChI is InChI=1S/C10H18F3NS/c1-8(4-6-14-9-2-3-9)5-7-15-10(11,12)13/h8-9,14H,2-7H2,1H3. The summed E-state index contributed by atoms with van der Waals surface area (Å²) < 4.78 is 35.5. The van der Waals surface area contributed by atoms with Crippen LogP contribution in [-0.2, 0) is 0 Å². The first-order chi connectivity index (χ1) is 6.97. The maximum Gasteiger partial charge on any atom is 0.441 e. The second-order valence-electron chi connectivity index (χ2n) is 4.21. The average molecular weight is 241 g/mol. The number of hydrogen-bond donors (Lipinski definition) is 1. The highest BCUT2D eigenvalue weighted by Crippen LogP contribution is 2.31. The minimum absolute atomic E-state index is 0.0936. The Morgan fingerprint density at radius 1 is 1.33 bits per heavy atom. The average Bonchev–Trinajstić information content (AvgIpc) is 2.85. The third-order valence-electron chi connectivity index (χ3n) is 2.52. The molecular weight excluding hydrogens is 223 g/mol. The molecule has 0 aromatic rings. The maximum absolute atomic E-state index is 11.8. The summed E-state index contributed by atoms with van der Waals surface area (Å²) in [6.45, 7) is 2.97. The van der Waals surface area contributed by atoms with E-state index in [9.17, 15) is 13.2 Å². The zero-order chi connectivity index (χ0) is 11.3.